The molecule has 128 valence electrons. The van der Waals surface area contributed by atoms with Gasteiger partial charge in [-0.1, -0.05) is 20.8 Å². The lowest BCUT2D eigenvalue weighted by Gasteiger charge is -2.25. The molecule has 7 heteroatoms. The van der Waals surface area contributed by atoms with Gasteiger partial charge in [-0.2, -0.15) is 10.2 Å². The van der Waals surface area contributed by atoms with Crippen LogP contribution in [0, 0.1) is 0 Å². The van der Waals surface area contributed by atoms with Crippen molar-refractivity contribution in [3.63, 3.8) is 0 Å². The molecule has 1 aliphatic rings. The van der Waals surface area contributed by atoms with Crippen molar-refractivity contribution >= 4 is 5.91 Å². The Kier molecular flexibility index (Phi) is 4.26. The number of aromatic nitrogens is 4. The van der Waals surface area contributed by atoms with Gasteiger partial charge in [-0.3, -0.25) is 14.7 Å². The fourth-order valence-electron chi connectivity index (χ4n) is 3.01. The van der Waals surface area contributed by atoms with Crippen molar-refractivity contribution in [2.45, 2.75) is 51.6 Å². The minimum Gasteiger partial charge on any atom is -0.334 e. The highest BCUT2D eigenvalue weighted by atomic mass is 16.2. The van der Waals surface area contributed by atoms with Gasteiger partial charge >= 0.3 is 0 Å². The average molecular weight is 329 g/mol. The maximum atomic E-state index is 12.6. The van der Waals surface area contributed by atoms with Crippen molar-refractivity contribution in [1.29, 1.82) is 0 Å². The Morgan fingerprint density at radius 3 is 2.83 bits per heavy atom. The molecule has 1 saturated heterocycles. The number of carbonyl (C=O) groups excluding carboxylic acids is 1. The molecule has 0 aliphatic carbocycles. The lowest BCUT2D eigenvalue weighted by atomic mass is 9.92. The lowest BCUT2D eigenvalue weighted by Crippen LogP contribution is -2.41. The van der Waals surface area contributed by atoms with E-state index in [0.29, 0.717) is 18.7 Å². The highest BCUT2D eigenvalue weighted by Gasteiger charge is 2.30. The Labute approximate surface area is 140 Å². The molecule has 0 aromatic carbocycles. The third-order valence-corrected chi connectivity index (χ3v) is 4.40. The lowest BCUT2D eigenvalue weighted by molar-refractivity contribution is 0.0720. The molecule has 24 heavy (non-hydrogen) atoms. The molecule has 1 atom stereocenters. The zero-order chi connectivity index (χ0) is 17.3. The average Bonchev–Trinajstić information content (AvgIpc) is 3.19. The molecule has 1 amide bonds. The topological polar surface area (TPSA) is 83.9 Å². The number of hydrogen-bond donors (Lipinski definition) is 1. The van der Waals surface area contributed by atoms with E-state index in [2.05, 4.69) is 36.1 Å². The van der Waals surface area contributed by atoms with Crippen LogP contribution in [-0.2, 0) is 12.0 Å². The summed E-state index contributed by atoms with van der Waals surface area (Å²) in [4.78, 5) is 26.6. The fraction of sp³-hybridized carbons (Fsp3) is 0.529. The third-order valence-electron chi connectivity index (χ3n) is 4.40. The Morgan fingerprint density at radius 2 is 2.17 bits per heavy atom. The Balaban J connectivity index is 1.82. The largest absolute Gasteiger partial charge is 0.334 e. The number of amides is 1. The Morgan fingerprint density at radius 1 is 1.38 bits per heavy atom. The highest BCUT2D eigenvalue weighted by molar-refractivity contribution is 5.94. The van der Waals surface area contributed by atoms with Crippen LogP contribution in [0.3, 0.4) is 0 Å². The number of aromatic amines is 1. The summed E-state index contributed by atoms with van der Waals surface area (Å²) >= 11 is 0. The van der Waals surface area contributed by atoms with Crippen LogP contribution in [0.5, 0.6) is 0 Å². The number of carbonyl (C=O) groups is 1. The molecular weight excluding hydrogens is 306 g/mol. The quantitative estimate of drug-likeness (QED) is 0.926. The summed E-state index contributed by atoms with van der Waals surface area (Å²) in [5.41, 5.74) is 1.15. The molecule has 3 heterocycles. The molecule has 2 aromatic rings. The first-order chi connectivity index (χ1) is 11.4. The van der Waals surface area contributed by atoms with Crippen LogP contribution in [0.2, 0.25) is 0 Å². The number of rotatable bonds is 3. The third kappa shape index (κ3) is 3.25. The molecule has 0 spiro atoms. The van der Waals surface area contributed by atoms with E-state index in [1.807, 2.05) is 4.90 Å². The van der Waals surface area contributed by atoms with Crippen LogP contribution in [0.15, 0.2) is 29.3 Å². The summed E-state index contributed by atoms with van der Waals surface area (Å²) in [5.74, 6) is -0.0497. The molecule has 0 bridgehead atoms. The van der Waals surface area contributed by atoms with E-state index in [9.17, 15) is 9.59 Å². The van der Waals surface area contributed by atoms with Crippen molar-refractivity contribution in [2.24, 2.45) is 0 Å². The normalized spacial score (nSPS) is 18.1. The smallest absolute Gasteiger partial charge is 0.266 e. The SMILES string of the molecule is CC(C)(C)c1ccc(=O)n(CC2CCCN2C(=O)c2cn[nH]c2)n1. The van der Waals surface area contributed by atoms with Gasteiger partial charge in [0, 0.05) is 24.2 Å². The van der Waals surface area contributed by atoms with E-state index in [1.165, 1.54) is 10.9 Å². The van der Waals surface area contributed by atoms with Crippen molar-refractivity contribution in [1.82, 2.24) is 24.9 Å². The first-order valence-electron chi connectivity index (χ1n) is 8.24. The van der Waals surface area contributed by atoms with Crippen LogP contribution in [0.1, 0.15) is 49.7 Å². The zero-order valence-corrected chi connectivity index (χ0v) is 14.3. The van der Waals surface area contributed by atoms with Crippen molar-refractivity contribution in [3.8, 4) is 0 Å². The molecule has 3 rings (SSSR count). The highest BCUT2D eigenvalue weighted by Crippen LogP contribution is 2.22. The van der Waals surface area contributed by atoms with Gasteiger partial charge in [0.25, 0.3) is 11.5 Å². The van der Waals surface area contributed by atoms with E-state index in [0.717, 1.165) is 18.5 Å². The molecule has 1 unspecified atom stereocenters. The zero-order valence-electron chi connectivity index (χ0n) is 14.3. The second kappa shape index (κ2) is 6.22. The van der Waals surface area contributed by atoms with Gasteiger partial charge in [0.2, 0.25) is 0 Å². The van der Waals surface area contributed by atoms with E-state index >= 15 is 0 Å². The molecule has 0 saturated carbocycles. The predicted molar refractivity (Wildman–Crippen MR) is 89.8 cm³/mol. The van der Waals surface area contributed by atoms with Gasteiger partial charge in [-0.15, -0.1) is 0 Å². The van der Waals surface area contributed by atoms with Crippen LogP contribution >= 0.6 is 0 Å². The van der Waals surface area contributed by atoms with Gasteiger partial charge in [-0.05, 0) is 18.9 Å². The fourth-order valence-corrected chi connectivity index (χ4v) is 3.01. The number of hydrogen-bond acceptors (Lipinski definition) is 4. The van der Waals surface area contributed by atoms with Gasteiger partial charge in [-0.25, -0.2) is 4.68 Å². The second-order valence-electron chi connectivity index (χ2n) is 7.27. The van der Waals surface area contributed by atoms with Gasteiger partial charge in [0.05, 0.1) is 30.0 Å². The first-order valence-corrected chi connectivity index (χ1v) is 8.24. The first kappa shape index (κ1) is 16.4. The van der Waals surface area contributed by atoms with Crippen LogP contribution < -0.4 is 5.56 Å². The molecular formula is C17H23N5O2. The number of nitrogens with zero attached hydrogens (tertiary/aromatic N) is 4. The van der Waals surface area contributed by atoms with Crippen molar-refractivity contribution < 1.29 is 4.79 Å². The van der Waals surface area contributed by atoms with E-state index in [4.69, 9.17) is 0 Å². The minimum absolute atomic E-state index is 0.0205. The Hall–Kier alpha value is -2.44. The summed E-state index contributed by atoms with van der Waals surface area (Å²) in [6, 6.07) is 3.32. The van der Waals surface area contributed by atoms with Crippen LogP contribution in [-0.4, -0.2) is 43.4 Å². The molecule has 2 aromatic heterocycles. The van der Waals surface area contributed by atoms with Crippen LogP contribution in [0.25, 0.3) is 0 Å². The van der Waals surface area contributed by atoms with Crippen molar-refractivity contribution in [3.05, 3.63) is 46.1 Å². The maximum Gasteiger partial charge on any atom is 0.266 e. The number of H-pyrrole nitrogens is 1. The standard InChI is InChI=1S/C17H23N5O2/c1-17(2,3)14-6-7-15(23)22(20-14)11-13-5-4-8-21(13)16(24)12-9-18-19-10-12/h6-7,9-10,13H,4-5,8,11H2,1-3H3,(H,18,19). The summed E-state index contributed by atoms with van der Waals surface area (Å²) in [6.45, 7) is 7.31. The van der Waals surface area contributed by atoms with Gasteiger partial charge in [0.15, 0.2) is 0 Å². The van der Waals surface area contributed by atoms with E-state index in [1.54, 1.807) is 18.3 Å². The monoisotopic (exact) mass is 329 g/mol. The molecule has 1 fully saturated rings. The van der Waals surface area contributed by atoms with E-state index < -0.39 is 0 Å². The second-order valence-corrected chi connectivity index (χ2v) is 7.27. The number of nitrogens with one attached hydrogen (secondary N) is 1. The predicted octanol–water partition coefficient (Wildman–Crippen LogP) is 1.57. The van der Waals surface area contributed by atoms with Crippen molar-refractivity contribution in [2.75, 3.05) is 6.54 Å². The van der Waals surface area contributed by atoms with Gasteiger partial charge < -0.3 is 4.90 Å². The van der Waals surface area contributed by atoms with Gasteiger partial charge in [0.1, 0.15) is 0 Å². The molecule has 0 radical (unpaired) electrons. The van der Waals surface area contributed by atoms with Crippen LogP contribution in [0.4, 0.5) is 0 Å². The summed E-state index contributed by atoms with van der Waals surface area (Å²) in [6.07, 6.45) is 4.93. The number of likely N-dealkylation sites (tertiary alicyclic amines) is 1. The molecule has 1 aliphatic heterocycles. The molecule has 1 N–H and O–H groups in total. The van der Waals surface area contributed by atoms with E-state index in [-0.39, 0.29) is 22.9 Å². The Bertz CT molecular complexity index is 773. The maximum absolute atomic E-state index is 12.6. The summed E-state index contributed by atoms with van der Waals surface area (Å²) < 4.78 is 1.49. The summed E-state index contributed by atoms with van der Waals surface area (Å²) in [7, 11) is 0. The minimum atomic E-state index is -0.134. The summed E-state index contributed by atoms with van der Waals surface area (Å²) in [5, 5.41) is 11.0. The molecule has 7 nitrogen and oxygen atoms in total.